The van der Waals surface area contributed by atoms with Crippen LogP contribution in [0.15, 0.2) is 177 Å². The molecule has 8 rings (SSSR count). The van der Waals surface area contributed by atoms with Crippen LogP contribution in [0.25, 0.3) is 44.1 Å². The molecular weight excluding hydrogens is 751 g/mol. The average Bonchev–Trinajstić information content (AvgIpc) is 3.18. The summed E-state index contributed by atoms with van der Waals surface area (Å²) in [5, 5.41) is 1.19. The van der Waals surface area contributed by atoms with Crippen molar-refractivity contribution in [1.82, 2.24) is 9.97 Å². The van der Waals surface area contributed by atoms with Gasteiger partial charge in [-0.3, -0.25) is 9.59 Å². The van der Waals surface area contributed by atoms with Crippen molar-refractivity contribution < 1.29 is 31.1 Å². The molecule has 280 valence electrons. The Labute approximate surface area is 319 Å². The third kappa shape index (κ3) is 8.55. The first kappa shape index (κ1) is 37.8. The van der Waals surface area contributed by atoms with Crippen LogP contribution in [0.2, 0.25) is 0 Å². The molecule has 0 saturated heterocycles. The molecule has 2 heterocycles. The van der Waals surface area contributed by atoms with E-state index >= 15 is 0 Å². The summed E-state index contributed by atoms with van der Waals surface area (Å²) in [6.45, 7) is 0. The fraction of sp³-hybridized carbons (Fsp3) is 0.0455. The van der Waals surface area contributed by atoms with E-state index in [1.54, 1.807) is 36.7 Å². The molecular formula is C44H28F6N2O3S. The highest BCUT2D eigenvalue weighted by atomic mass is 32.2. The third-order valence-corrected chi connectivity index (χ3v) is 9.82. The maximum Gasteiger partial charge on any atom is 0.416 e. The molecule has 0 aliphatic heterocycles. The quantitative estimate of drug-likeness (QED) is 0.165. The number of nitrogens with one attached hydrogen (secondary N) is 2. The molecule has 0 spiro atoms. The van der Waals surface area contributed by atoms with Gasteiger partial charge in [-0.1, -0.05) is 60.3 Å². The van der Waals surface area contributed by atoms with Crippen molar-refractivity contribution in [3.05, 3.63) is 190 Å². The van der Waals surface area contributed by atoms with Crippen molar-refractivity contribution in [2.45, 2.75) is 22.1 Å². The van der Waals surface area contributed by atoms with Gasteiger partial charge in [0, 0.05) is 61.7 Å². The molecule has 0 atom stereocenters. The van der Waals surface area contributed by atoms with E-state index in [4.69, 9.17) is 4.74 Å². The highest BCUT2D eigenvalue weighted by Crippen LogP contribution is 2.39. The fourth-order valence-corrected chi connectivity index (χ4v) is 6.92. The van der Waals surface area contributed by atoms with Gasteiger partial charge in [0.15, 0.2) is 10.9 Å². The Balaban J connectivity index is 0.000000172. The van der Waals surface area contributed by atoms with Crippen LogP contribution in [-0.2, 0) is 12.4 Å². The number of pyridine rings is 2. The number of aromatic amines is 2. The first-order valence-electron chi connectivity index (χ1n) is 17.0. The number of hydrogen-bond donors (Lipinski definition) is 2. The summed E-state index contributed by atoms with van der Waals surface area (Å²) in [7, 11) is 0. The summed E-state index contributed by atoms with van der Waals surface area (Å²) in [5.41, 5.74) is 3.35. The van der Waals surface area contributed by atoms with E-state index < -0.39 is 23.5 Å². The predicted octanol–water partition coefficient (Wildman–Crippen LogP) is 12.4. The molecule has 56 heavy (non-hydrogen) atoms. The van der Waals surface area contributed by atoms with Gasteiger partial charge in [-0.25, -0.2) is 0 Å². The number of aromatic nitrogens is 2. The van der Waals surface area contributed by atoms with E-state index in [1.165, 1.54) is 48.2 Å². The zero-order valence-electron chi connectivity index (χ0n) is 28.9. The van der Waals surface area contributed by atoms with Crippen LogP contribution in [0.5, 0.6) is 11.5 Å². The molecule has 0 aliphatic carbocycles. The number of benzene rings is 6. The maximum atomic E-state index is 12.8. The molecule has 0 bridgehead atoms. The molecule has 0 saturated carbocycles. The highest BCUT2D eigenvalue weighted by molar-refractivity contribution is 7.99. The van der Waals surface area contributed by atoms with E-state index in [0.717, 1.165) is 61.8 Å². The van der Waals surface area contributed by atoms with Crippen LogP contribution in [-0.4, -0.2) is 9.97 Å². The Morgan fingerprint density at radius 1 is 0.500 bits per heavy atom. The zero-order valence-corrected chi connectivity index (χ0v) is 29.7. The molecule has 0 amide bonds. The molecule has 5 nitrogen and oxygen atoms in total. The minimum Gasteiger partial charge on any atom is -0.457 e. The Morgan fingerprint density at radius 3 is 1.54 bits per heavy atom. The lowest BCUT2D eigenvalue weighted by Gasteiger charge is -2.13. The van der Waals surface area contributed by atoms with Crippen molar-refractivity contribution in [2.24, 2.45) is 0 Å². The second-order valence-electron chi connectivity index (χ2n) is 12.4. The second-order valence-corrected chi connectivity index (χ2v) is 13.6. The minimum atomic E-state index is -4.39. The number of fused-ring (bicyclic) bond motifs is 2. The molecule has 0 fully saturated rings. The van der Waals surface area contributed by atoms with Crippen LogP contribution < -0.4 is 15.6 Å². The van der Waals surface area contributed by atoms with Crippen LogP contribution in [0, 0.1) is 0 Å². The zero-order chi connectivity index (χ0) is 39.5. The van der Waals surface area contributed by atoms with Crippen molar-refractivity contribution in [2.75, 3.05) is 0 Å². The SMILES string of the molecule is O=c1cc[nH]c2cc(-c3ccccc3Oc3ccc(C(F)(F)F)cc3)ccc12.O=c1cc[nH]c2cc(-c3ccccc3Sc3ccc(C(F)(F)F)cc3)ccc12. The molecule has 2 aromatic heterocycles. The number of H-pyrrole nitrogens is 2. The standard InChI is InChI=1S/C22H14F3NO2.C22H14F3NOS/c2*23-22(24,25)15-6-8-16(9-7-15)28-21-4-2-1-3-17(21)14-5-10-18-19(13-14)26-12-11-20(18)27/h2*1-13H,(H,26,27). The Bertz CT molecular complexity index is 2590. The average molecular weight is 779 g/mol. The highest BCUT2D eigenvalue weighted by Gasteiger charge is 2.31. The van der Waals surface area contributed by atoms with Gasteiger partial charge in [0.05, 0.1) is 11.1 Å². The summed E-state index contributed by atoms with van der Waals surface area (Å²) in [6.07, 6.45) is -5.54. The number of rotatable bonds is 6. The van der Waals surface area contributed by atoms with Crippen LogP contribution in [0.3, 0.4) is 0 Å². The molecule has 2 N–H and O–H groups in total. The Hall–Kier alpha value is -6.53. The fourth-order valence-electron chi connectivity index (χ4n) is 5.95. The van der Waals surface area contributed by atoms with Crippen LogP contribution in [0.4, 0.5) is 26.3 Å². The van der Waals surface area contributed by atoms with Gasteiger partial charge in [0.1, 0.15) is 11.5 Å². The summed E-state index contributed by atoms with van der Waals surface area (Å²) in [6, 6.07) is 38.5. The first-order chi connectivity index (χ1) is 26.8. The van der Waals surface area contributed by atoms with E-state index in [1.807, 2.05) is 60.7 Å². The lowest BCUT2D eigenvalue weighted by atomic mass is 10.0. The van der Waals surface area contributed by atoms with Gasteiger partial charge in [-0.05, 0) is 102 Å². The van der Waals surface area contributed by atoms with E-state index in [2.05, 4.69) is 9.97 Å². The molecule has 8 aromatic rings. The van der Waals surface area contributed by atoms with Crippen molar-refractivity contribution in [3.8, 4) is 33.8 Å². The lowest BCUT2D eigenvalue weighted by molar-refractivity contribution is -0.138. The van der Waals surface area contributed by atoms with Gasteiger partial charge in [0.2, 0.25) is 0 Å². The van der Waals surface area contributed by atoms with Crippen LogP contribution in [0.1, 0.15) is 11.1 Å². The van der Waals surface area contributed by atoms with Crippen molar-refractivity contribution in [1.29, 1.82) is 0 Å². The minimum absolute atomic E-state index is 0.0484. The summed E-state index contributed by atoms with van der Waals surface area (Å²) < 4.78 is 82.3. The van der Waals surface area contributed by atoms with Gasteiger partial charge in [0.25, 0.3) is 0 Å². The largest absolute Gasteiger partial charge is 0.457 e. The lowest BCUT2D eigenvalue weighted by Crippen LogP contribution is -2.04. The second kappa shape index (κ2) is 15.7. The predicted molar refractivity (Wildman–Crippen MR) is 207 cm³/mol. The number of hydrogen-bond acceptors (Lipinski definition) is 4. The van der Waals surface area contributed by atoms with Gasteiger partial charge in [-0.15, -0.1) is 0 Å². The van der Waals surface area contributed by atoms with Gasteiger partial charge >= 0.3 is 12.4 Å². The summed E-state index contributed by atoms with van der Waals surface area (Å²) in [5.74, 6) is 0.800. The number of alkyl halides is 6. The van der Waals surface area contributed by atoms with Crippen molar-refractivity contribution in [3.63, 3.8) is 0 Å². The van der Waals surface area contributed by atoms with Gasteiger partial charge < -0.3 is 14.7 Å². The molecule has 0 unspecified atom stereocenters. The Morgan fingerprint density at radius 2 is 0.982 bits per heavy atom. The van der Waals surface area contributed by atoms with E-state index in [9.17, 15) is 35.9 Å². The normalized spacial score (nSPS) is 11.6. The molecule has 0 radical (unpaired) electrons. The monoisotopic (exact) mass is 778 g/mol. The number of halogens is 6. The van der Waals surface area contributed by atoms with Gasteiger partial charge in [-0.2, -0.15) is 26.3 Å². The molecule has 12 heteroatoms. The number of ether oxygens (including phenoxy) is 1. The van der Waals surface area contributed by atoms with Crippen LogP contribution >= 0.6 is 11.8 Å². The Kier molecular flexibility index (Phi) is 10.6. The molecule has 0 aliphatic rings. The topological polar surface area (TPSA) is 75.0 Å². The van der Waals surface area contributed by atoms with Crippen molar-refractivity contribution >= 4 is 33.6 Å². The summed E-state index contributed by atoms with van der Waals surface area (Å²) >= 11 is 1.40. The smallest absolute Gasteiger partial charge is 0.416 e. The maximum absolute atomic E-state index is 12.8. The van der Waals surface area contributed by atoms with E-state index in [0.29, 0.717) is 27.8 Å². The van der Waals surface area contributed by atoms with E-state index in [-0.39, 0.29) is 10.9 Å². The third-order valence-electron chi connectivity index (χ3n) is 8.73. The molecule has 6 aromatic carbocycles. The number of para-hydroxylation sites is 1. The first-order valence-corrected chi connectivity index (χ1v) is 17.8. The summed E-state index contributed by atoms with van der Waals surface area (Å²) in [4.78, 5) is 31.6.